The second-order valence-corrected chi connectivity index (χ2v) is 32.4. The molecule has 0 saturated heterocycles. The first-order valence-corrected chi connectivity index (χ1v) is 47.1. The van der Waals surface area contributed by atoms with Crippen LogP contribution in [0.1, 0.15) is 541 Å². The largest absolute Gasteiger partial charge is 0.889 e. The zero-order valence-corrected chi connectivity index (χ0v) is 69.8. The Hall–Kier alpha value is -0.875. The van der Waals surface area contributed by atoms with Crippen molar-refractivity contribution in [1.82, 2.24) is 0 Å². The second kappa shape index (κ2) is 93.2. The van der Waals surface area contributed by atoms with Crippen LogP contribution in [-0.4, -0.2) is 33.3 Å². The lowest BCUT2D eigenvalue weighted by molar-refractivity contribution is -0.655. The third-order valence-electron chi connectivity index (χ3n) is 22.0. The molecule has 0 aromatic heterocycles. The van der Waals surface area contributed by atoms with E-state index in [2.05, 4.69) is 58.2 Å². The lowest BCUT2D eigenvalue weighted by Gasteiger charge is -2.28. The van der Waals surface area contributed by atoms with Gasteiger partial charge >= 0.3 is 0 Å². The fourth-order valence-electron chi connectivity index (χ4n) is 15.0. The smallest absolute Gasteiger partial charge is 0.0755 e. The van der Waals surface area contributed by atoms with Crippen molar-refractivity contribution in [2.24, 2.45) is 0 Å². The van der Waals surface area contributed by atoms with E-state index in [1.54, 1.807) is 12.1 Å². The van der Waals surface area contributed by atoms with Crippen molar-refractivity contribution in [2.45, 2.75) is 542 Å². The third kappa shape index (κ3) is 89.4. The van der Waals surface area contributed by atoms with Crippen LogP contribution in [0.2, 0.25) is 0 Å². The van der Waals surface area contributed by atoms with Crippen molar-refractivity contribution in [2.75, 3.05) is 26.2 Å². The molecular formula is C94H189BN2O2. The van der Waals surface area contributed by atoms with E-state index in [-0.39, 0.29) is 0 Å². The summed E-state index contributed by atoms with van der Waals surface area (Å²) < 4.78 is 0. The molecule has 0 spiro atoms. The van der Waals surface area contributed by atoms with E-state index >= 15 is 0 Å². The van der Waals surface area contributed by atoms with Gasteiger partial charge in [0.05, 0.1) is 26.2 Å². The highest BCUT2D eigenvalue weighted by atomic mass is 16.4. The Morgan fingerprint density at radius 1 is 0.182 bits per heavy atom. The number of hydrogen-bond donors (Lipinski definition) is 2. The molecule has 0 aliphatic carbocycles. The van der Waals surface area contributed by atoms with Gasteiger partial charge in [-0.25, -0.2) is 0 Å². The average Bonchev–Trinajstić information content (AvgIpc) is 0.938. The first-order chi connectivity index (χ1) is 49.0. The summed E-state index contributed by atoms with van der Waals surface area (Å²) in [6, 6.07) is 5.72. The van der Waals surface area contributed by atoms with Gasteiger partial charge in [0.15, 0.2) is 0 Å². The number of aryl methyl sites for hydroxylation is 2. The van der Waals surface area contributed by atoms with Crippen LogP contribution in [0.3, 0.4) is 0 Å². The van der Waals surface area contributed by atoms with Gasteiger partial charge in [0.1, 0.15) is 0 Å². The van der Waals surface area contributed by atoms with Crippen LogP contribution in [0.15, 0.2) is 18.2 Å². The first-order valence-electron chi connectivity index (χ1n) is 47.1. The van der Waals surface area contributed by atoms with E-state index in [0.29, 0.717) is 5.46 Å². The minimum atomic E-state index is -1.85. The molecule has 0 saturated carbocycles. The number of quaternary nitrogens is 2. The Bertz CT molecular complexity index is 1360. The molecule has 1 rings (SSSR count). The Morgan fingerprint density at radius 3 is 0.444 bits per heavy atom. The van der Waals surface area contributed by atoms with Gasteiger partial charge in [0.25, 0.3) is 0 Å². The maximum absolute atomic E-state index is 11.0. The molecule has 4 nitrogen and oxygen atoms in total. The quantitative estimate of drug-likeness (QED) is 0.0503. The van der Waals surface area contributed by atoms with Gasteiger partial charge in [-0.2, -0.15) is 0 Å². The molecule has 0 heterocycles. The van der Waals surface area contributed by atoms with Crippen LogP contribution in [0.5, 0.6) is 0 Å². The minimum Gasteiger partial charge on any atom is -0.889 e. The van der Waals surface area contributed by atoms with E-state index in [9.17, 15) is 10.0 Å². The van der Waals surface area contributed by atoms with Gasteiger partial charge in [-0.15, -0.1) is 5.46 Å². The maximum Gasteiger partial charge on any atom is 0.0755 e. The fourth-order valence-corrected chi connectivity index (χ4v) is 15.0. The Morgan fingerprint density at radius 2 is 0.313 bits per heavy atom. The van der Waals surface area contributed by atoms with E-state index < -0.39 is 7.12 Å². The normalized spacial score (nSPS) is 11.4. The molecule has 590 valence electrons. The Labute approximate surface area is 627 Å². The van der Waals surface area contributed by atoms with Crippen molar-refractivity contribution in [3.63, 3.8) is 0 Å². The second-order valence-electron chi connectivity index (χ2n) is 32.4. The lowest BCUT2D eigenvalue weighted by Crippen LogP contribution is -2.84. The highest BCUT2D eigenvalue weighted by Crippen LogP contribution is 2.20. The molecule has 5 heteroatoms. The summed E-state index contributed by atoms with van der Waals surface area (Å²) in [6.07, 6.45) is 113. The van der Waals surface area contributed by atoms with Gasteiger partial charge in [-0.05, 0) is 88.2 Å². The van der Waals surface area contributed by atoms with Crippen LogP contribution in [0, 0.1) is 0 Å². The fraction of sp³-hybridized carbons (Fsp3) is 0.936. The number of hydrogen-bond acceptors (Lipinski definition) is 2. The molecular weight excluding hydrogens is 1200 g/mol. The van der Waals surface area contributed by atoms with E-state index in [4.69, 9.17) is 0 Å². The molecule has 0 fully saturated rings. The first kappa shape index (κ1) is 100. The maximum atomic E-state index is 11.0. The molecule has 0 unspecified atom stereocenters. The Kier molecular flexibility index (Phi) is 94.3. The summed E-state index contributed by atoms with van der Waals surface area (Å²) in [6.45, 7) is 19.0. The highest BCUT2D eigenvalue weighted by Gasteiger charge is 2.04. The van der Waals surface area contributed by atoms with Gasteiger partial charge in [0, 0.05) is 0 Å². The van der Waals surface area contributed by atoms with Crippen LogP contribution >= 0.6 is 0 Å². The molecule has 1 aromatic rings. The predicted octanol–water partition coefficient (Wildman–Crippen LogP) is 28.1. The molecule has 0 bridgehead atoms. The van der Waals surface area contributed by atoms with Crippen LogP contribution < -0.4 is 26.1 Å². The zero-order valence-electron chi connectivity index (χ0n) is 69.8. The van der Waals surface area contributed by atoms with Crippen molar-refractivity contribution >= 4 is 12.6 Å². The van der Waals surface area contributed by atoms with E-state index in [1.807, 2.05) is 0 Å². The summed E-state index contributed by atoms with van der Waals surface area (Å²) in [5.74, 6) is 0. The lowest BCUT2D eigenvalue weighted by atomic mass is 9.78. The van der Waals surface area contributed by atoms with E-state index in [0.717, 1.165) is 49.7 Å². The topological polar surface area (TPSA) is 79.3 Å². The summed E-state index contributed by atoms with van der Waals surface area (Å²) >= 11 is 0. The van der Waals surface area contributed by atoms with E-state index in [1.165, 1.54) is 488 Å². The van der Waals surface area contributed by atoms with Crippen molar-refractivity contribution in [3.8, 4) is 0 Å². The van der Waals surface area contributed by atoms with Crippen LogP contribution in [0.4, 0.5) is 0 Å². The molecule has 99 heavy (non-hydrogen) atoms. The number of benzene rings is 1. The summed E-state index contributed by atoms with van der Waals surface area (Å²) in [5, 5.41) is 27.2. The minimum absolute atomic E-state index is 0.407. The Balaban J connectivity index is 0. The number of rotatable bonds is 83. The molecule has 0 atom stereocenters. The third-order valence-corrected chi connectivity index (χ3v) is 22.0. The van der Waals surface area contributed by atoms with Crippen molar-refractivity contribution in [3.05, 3.63) is 29.3 Å². The van der Waals surface area contributed by atoms with Gasteiger partial charge < -0.3 is 20.7 Å². The predicted molar refractivity (Wildman–Crippen MR) is 447 cm³/mol. The van der Waals surface area contributed by atoms with Crippen molar-refractivity contribution < 1.29 is 20.7 Å². The summed E-state index contributed by atoms with van der Waals surface area (Å²) in [5.41, 5.74) is 2.70. The molecule has 0 amide bonds. The van der Waals surface area contributed by atoms with Gasteiger partial charge in [0.2, 0.25) is 0 Å². The SMILES string of the molecule is CCCCCCCCCCCCCCCCCCCC[NH2+]CCCCCCCCCCCCCCCCCCCC.CCCCCCCCCCCCCCCCCCCC[NH2+]CCCCCCCCCCCCCCCCCCCC.CCCCc1cc(CCCC)cc(B([O-])[O-])c1. The molecule has 1 aromatic carbocycles. The number of unbranched alkanes of at least 4 members (excludes halogenated alkanes) is 70. The van der Waals surface area contributed by atoms with Crippen molar-refractivity contribution in [1.29, 1.82) is 0 Å². The van der Waals surface area contributed by atoms with Gasteiger partial charge in [-0.3, -0.25) is 0 Å². The monoisotopic (exact) mass is 1390 g/mol. The van der Waals surface area contributed by atoms with Crippen LogP contribution in [0.25, 0.3) is 0 Å². The molecule has 0 aliphatic heterocycles. The summed E-state index contributed by atoms with van der Waals surface area (Å²) in [4.78, 5) is 0. The van der Waals surface area contributed by atoms with Crippen LogP contribution in [-0.2, 0) is 12.8 Å². The number of nitrogens with two attached hydrogens (primary N) is 2. The molecule has 0 aliphatic rings. The standard InChI is InChI=1S/2C40H83N.C14H21BO2/c2*1-3-5-7-9-11-13-15-17-19-21-23-25-27-29-31-33-35-37-39-41-40-38-36-34-32-30-28-26-24-22-20-18-16-14-12-10-8-6-4-2;1-3-5-7-12-9-13(8-6-4-2)11-14(10-12)15(16)17/h2*41H,3-40H2,1-2H3;9-11H,3-8H2,1-2H3/q;;-2/p+2. The zero-order chi connectivity index (χ0) is 71.8. The average molecular weight is 1390 g/mol. The molecule has 0 radical (unpaired) electrons. The summed E-state index contributed by atoms with van der Waals surface area (Å²) in [7, 11) is -1.85. The highest BCUT2D eigenvalue weighted by molar-refractivity contribution is 6.55. The molecule has 4 N–H and O–H groups in total. The van der Waals surface area contributed by atoms with Gasteiger partial charge in [-0.1, -0.05) is 491 Å².